The average Bonchev–Trinajstić information content (AvgIpc) is 3.29. The summed E-state index contributed by atoms with van der Waals surface area (Å²) in [7, 11) is -0.700. The van der Waals surface area contributed by atoms with E-state index in [0.29, 0.717) is 5.69 Å². The van der Waals surface area contributed by atoms with Gasteiger partial charge in [-0.25, -0.2) is 17.8 Å². The SMILES string of the molecule is CNC(=O)CN(C)[C@H]1CCCC[C@@H]1Nc1cc(F)c(S(=O)(=O)Nc2nccs2)cc1Cl.O=CO. The number of thiazole rings is 1. The molecule has 0 aliphatic heterocycles. The Labute approximate surface area is 206 Å². The van der Waals surface area contributed by atoms with Crippen LogP contribution in [0.3, 0.4) is 0 Å². The molecule has 4 N–H and O–H groups in total. The molecule has 2 atom stereocenters. The van der Waals surface area contributed by atoms with Gasteiger partial charge < -0.3 is 15.7 Å². The Morgan fingerprint density at radius 1 is 1.38 bits per heavy atom. The van der Waals surface area contributed by atoms with Crippen molar-refractivity contribution >= 4 is 56.2 Å². The minimum atomic E-state index is -4.17. The van der Waals surface area contributed by atoms with Gasteiger partial charge in [-0.3, -0.25) is 19.2 Å². The Kier molecular flexibility index (Phi) is 10.5. The third-order valence-corrected chi connectivity index (χ3v) is 7.76. The Bertz CT molecular complexity index is 1070. The maximum atomic E-state index is 14.8. The first-order valence-corrected chi connectivity index (χ1v) is 13.0. The molecule has 34 heavy (non-hydrogen) atoms. The Morgan fingerprint density at radius 3 is 2.68 bits per heavy atom. The number of aromatic nitrogens is 1. The summed E-state index contributed by atoms with van der Waals surface area (Å²) >= 11 is 7.42. The van der Waals surface area contributed by atoms with Gasteiger partial charge in [-0.1, -0.05) is 24.4 Å². The Hall–Kier alpha value is -2.48. The lowest BCUT2D eigenvalue weighted by Crippen LogP contribution is -2.49. The number of benzene rings is 1. The fourth-order valence-electron chi connectivity index (χ4n) is 3.72. The summed E-state index contributed by atoms with van der Waals surface area (Å²) in [6, 6.07) is 2.20. The largest absolute Gasteiger partial charge is 0.483 e. The number of nitrogens with zero attached hydrogens (tertiary/aromatic N) is 2. The van der Waals surface area contributed by atoms with Crippen molar-refractivity contribution in [3.63, 3.8) is 0 Å². The van der Waals surface area contributed by atoms with Crippen LogP contribution in [-0.2, 0) is 19.6 Å². The maximum absolute atomic E-state index is 14.8. The molecule has 1 aliphatic carbocycles. The van der Waals surface area contributed by atoms with Gasteiger partial charge in [0, 0.05) is 30.7 Å². The lowest BCUT2D eigenvalue weighted by Gasteiger charge is -2.38. The second-order valence-electron chi connectivity index (χ2n) is 7.50. The van der Waals surface area contributed by atoms with E-state index >= 15 is 0 Å². The normalized spacial score (nSPS) is 17.9. The lowest BCUT2D eigenvalue weighted by atomic mass is 9.89. The summed E-state index contributed by atoms with van der Waals surface area (Å²) in [5, 5.41) is 14.6. The summed E-state index contributed by atoms with van der Waals surface area (Å²) in [6.07, 6.45) is 5.18. The van der Waals surface area contributed by atoms with Crippen molar-refractivity contribution in [1.29, 1.82) is 0 Å². The number of anilines is 2. The topological polar surface area (TPSA) is 141 Å². The molecule has 1 saturated carbocycles. The van der Waals surface area contributed by atoms with E-state index in [-0.39, 0.29) is 41.2 Å². The number of hydrogen-bond acceptors (Lipinski definition) is 8. The number of carbonyl (C=O) groups is 2. The number of sulfonamides is 1. The molecule has 14 heteroatoms. The highest BCUT2D eigenvalue weighted by Gasteiger charge is 2.30. The monoisotopic (exact) mass is 535 g/mol. The van der Waals surface area contributed by atoms with E-state index < -0.39 is 20.7 Å². The molecule has 10 nitrogen and oxygen atoms in total. The average molecular weight is 536 g/mol. The van der Waals surface area contributed by atoms with Crippen molar-refractivity contribution in [2.75, 3.05) is 30.7 Å². The number of likely N-dealkylation sites (N-methyl/N-ethyl adjacent to an activating group) is 2. The highest BCUT2D eigenvalue weighted by molar-refractivity contribution is 7.93. The summed E-state index contributed by atoms with van der Waals surface area (Å²) in [5.74, 6) is -1.000. The molecule has 1 heterocycles. The molecule has 3 rings (SSSR count). The van der Waals surface area contributed by atoms with E-state index in [1.807, 2.05) is 11.9 Å². The van der Waals surface area contributed by atoms with Crippen LogP contribution in [0.15, 0.2) is 28.6 Å². The van der Waals surface area contributed by atoms with Gasteiger partial charge in [0.05, 0.1) is 17.3 Å². The first-order valence-electron chi connectivity index (χ1n) is 10.3. The minimum Gasteiger partial charge on any atom is -0.483 e. The molecule has 1 aliphatic rings. The number of carboxylic acid groups (broad SMARTS) is 1. The van der Waals surface area contributed by atoms with Gasteiger partial charge in [0.2, 0.25) is 5.91 Å². The molecular formula is C20H27ClFN5O5S2. The number of carbonyl (C=O) groups excluding carboxylic acids is 1. The van der Waals surface area contributed by atoms with Crippen LogP contribution in [0.4, 0.5) is 15.2 Å². The first-order chi connectivity index (χ1) is 16.1. The van der Waals surface area contributed by atoms with Gasteiger partial charge in [0.25, 0.3) is 16.5 Å². The number of hydrogen-bond donors (Lipinski definition) is 4. The predicted molar refractivity (Wildman–Crippen MR) is 129 cm³/mol. The first kappa shape index (κ1) is 27.8. The van der Waals surface area contributed by atoms with Crippen molar-refractivity contribution in [3.8, 4) is 0 Å². The molecule has 1 amide bonds. The summed E-state index contributed by atoms with van der Waals surface area (Å²) in [6.45, 7) is 0.00104. The predicted octanol–water partition coefficient (Wildman–Crippen LogP) is 2.84. The fraction of sp³-hybridized carbons (Fsp3) is 0.450. The minimum absolute atomic E-state index is 0.0557. The van der Waals surface area contributed by atoms with Crippen LogP contribution >= 0.6 is 22.9 Å². The Morgan fingerprint density at radius 2 is 2.06 bits per heavy atom. The molecule has 0 radical (unpaired) electrons. The molecule has 0 spiro atoms. The van der Waals surface area contributed by atoms with Crippen LogP contribution in [0.25, 0.3) is 0 Å². The van der Waals surface area contributed by atoms with E-state index in [1.54, 1.807) is 12.4 Å². The van der Waals surface area contributed by atoms with Crippen molar-refractivity contribution < 1.29 is 27.5 Å². The number of rotatable bonds is 8. The van der Waals surface area contributed by atoms with Gasteiger partial charge in [-0.2, -0.15) is 0 Å². The van der Waals surface area contributed by atoms with E-state index in [9.17, 15) is 17.6 Å². The smallest absolute Gasteiger partial charge is 0.290 e. The zero-order valence-corrected chi connectivity index (χ0v) is 21.0. The zero-order valence-electron chi connectivity index (χ0n) is 18.6. The van der Waals surface area contributed by atoms with Crippen LogP contribution < -0.4 is 15.4 Å². The van der Waals surface area contributed by atoms with Crippen LogP contribution in [0.2, 0.25) is 5.02 Å². The van der Waals surface area contributed by atoms with Gasteiger partial charge in [0.15, 0.2) is 5.13 Å². The molecule has 0 saturated heterocycles. The van der Waals surface area contributed by atoms with Crippen LogP contribution in [-0.4, -0.2) is 68.5 Å². The van der Waals surface area contributed by atoms with Gasteiger partial charge >= 0.3 is 0 Å². The molecule has 1 aromatic carbocycles. The number of amides is 1. The van der Waals surface area contributed by atoms with Crippen LogP contribution in [0.1, 0.15) is 25.7 Å². The van der Waals surface area contributed by atoms with E-state index in [4.69, 9.17) is 21.5 Å². The van der Waals surface area contributed by atoms with Crippen molar-refractivity contribution in [2.24, 2.45) is 0 Å². The van der Waals surface area contributed by atoms with Crippen molar-refractivity contribution in [2.45, 2.75) is 42.7 Å². The summed E-state index contributed by atoms with van der Waals surface area (Å²) in [5.41, 5.74) is 0.317. The summed E-state index contributed by atoms with van der Waals surface area (Å²) < 4.78 is 42.1. The quantitative estimate of drug-likeness (QED) is 0.378. The maximum Gasteiger partial charge on any atom is 0.290 e. The number of nitrogens with one attached hydrogen (secondary N) is 3. The van der Waals surface area contributed by atoms with E-state index in [1.165, 1.54) is 6.20 Å². The van der Waals surface area contributed by atoms with Gasteiger partial charge in [-0.05, 0) is 32.0 Å². The van der Waals surface area contributed by atoms with E-state index in [0.717, 1.165) is 49.2 Å². The summed E-state index contributed by atoms with van der Waals surface area (Å²) in [4.78, 5) is 25.4. The third-order valence-electron chi connectivity index (χ3n) is 5.27. The Balaban J connectivity index is 0.00000129. The standard InChI is InChI=1S/C19H25ClFN5O3S2.CH2O2/c1-22-18(27)11-26(2)16-6-4-3-5-14(16)24-15-10-13(21)17(9-12(15)20)31(28,29)25-19-23-7-8-30-19;2-1-3/h7-10,14,16,24H,3-6,11H2,1-2H3,(H,22,27)(H,23,25);1H,(H,2,3)/t14-,16-;/m0./s1. The molecule has 188 valence electrons. The van der Waals surface area contributed by atoms with Gasteiger partial charge in [0.1, 0.15) is 10.7 Å². The zero-order chi connectivity index (χ0) is 25.3. The highest BCUT2D eigenvalue weighted by atomic mass is 35.5. The van der Waals surface area contributed by atoms with Crippen molar-refractivity contribution in [3.05, 3.63) is 34.5 Å². The molecule has 1 fully saturated rings. The molecule has 0 unspecified atom stereocenters. The van der Waals surface area contributed by atoms with Crippen LogP contribution in [0, 0.1) is 5.82 Å². The molecular weight excluding hydrogens is 509 g/mol. The van der Waals surface area contributed by atoms with Crippen LogP contribution in [0.5, 0.6) is 0 Å². The van der Waals surface area contributed by atoms with E-state index in [2.05, 4.69) is 20.3 Å². The molecule has 0 bridgehead atoms. The lowest BCUT2D eigenvalue weighted by molar-refractivity contribution is -0.123. The highest BCUT2D eigenvalue weighted by Crippen LogP contribution is 2.32. The fourth-order valence-corrected chi connectivity index (χ4v) is 5.88. The second-order valence-corrected chi connectivity index (χ2v) is 10.5. The second kappa shape index (κ2) is 12.8. The van der Waals surface area contributed by atoms with Gasteiger partial charge in [-0.15, -0.1) is 11.3 Å². The number of halogens is 2. The van der Waals surface area contributed by atoms with Crippen molar-refractivity contribution in [1.82, 2.24) is 15.2 Å². The third kappa shape index (κ3) is 7.52. The molecule has 1 aromatic heterocycles. The molecule has 2 aromatic rings.